The Morgan fingerprint density at radius 3 is 2.69 bits per heavy atom. The maximum Gasteiger partial charge on any atom is 0.385 e. The predicted octanol–water partition coefficient (Wildman–Crippen LogP) is 1.38. The molecule has 0 aromatic carbocycles. The van der Waals surface area contributed by atoms with E-state index in [1.807, 2.05) is 0 Å². The van der Waals surface area contributed by atoms with Gasteiger partial charge in [-0.05, 0) is 31.8 Å². The van der Waals surface area contributed by atoms with Crippen molar-refractivity contribution >= 4 is 5.97 Å². The molecule has 0 aliphatic rings. The Bertz CT molecular complexity index is 431. The first-order valence-electron chi connectivity index (χ1n) is 4.66. The molecule has 0 saturated heterocycles. The number of rotatable bonds is 1. The minimum Gasteiger partial charge on any atom is -0.479 e. The molecule has 5 heteroatoms. The van der Waals surface area contributed by atoms with Gasteiger partial charge in [-0.3, -0.25) is 0 Å². The molecule has 5 nitrogen and oxygen atoms in total. The van der Waals surface area contributed by atoms with Gasteiger partial charge in [-0.2, -0.15) is 0 Å². The first kappa shape index (κ1) is 12.1. The number of nitrogens with zero attached hydrogens (tertiary/aromatic N) is 1. The van der Waals surface area contributed by atoms with E-state index in [0.717, 1.165) is 0 Å². The molecular formula is C11H13NO4. The number of carbonyl (C=O) groups excluding carboxylic acids is 1. The molecular weight excluding hydrogens is 210 g/mol. The molecule has 0 spiro atoms. The van der Waals surface area contributed by atoms with Crippen molar-refractivity contribution in [2.75, 3.05) is 7.11 Å². The zero-order valence-electron chi connectivity index (χ0n) is 9.66. The standard InChI is InChI=1S/C11H13NO4/c1-11(2,3)15-10(13)6-5-8-7-9(14-4)12-16-8/h7H,1-4H3. The third-order valence-corrected chi connectivity index (χ3v) is 1.38. The fourth-order valence-corrected chi connectivity index (χ4v) is 0.830. The fourth-order valence-electron chi connectivity index (χ4n) is 0.830. The molecule has 0 aliphatic heterocycles. The molecule has 0 radical (unpaired) electrons. The number of aromatic nitrogens is 1. The molecule has 0 N–H and O–H groups in total. The van der Waals surface area contributed by atoms with Crippen LogP contribution in [0.4, 0.5) is 0 Å². The zero-order chi connectivity index (χ0) is 12.2. The van der Waals surface area contributed by atoms with E-state index in [4.69, 9.17) is 14.0 Å². The van der Waals surface area contributed by atoms with Crippen molar-refractivity contribution < 1.29 is 18.8 Å². The van der Waals surface area contributed by atoms with Crippen LogP contribution in [0.5, 0.6) is 5.88 Å². The van der Waals surface area contributed by atoms with Gasteiger partial charge in [0.1, 0.15) is 5.60 Å². The molecule has 0 unspecified atom stereocenters. The summed E-state index contributed by atoms with van der Waals surface area (Å²) in [6.45, 7) is 5.30. The van der Waals surface area contributed by atoms with Gasteiger partial charge in [0.05, 0.1) is 13.2 Å². The molecule has 0 amide bonds. The van der Waals surface area contributed by atoms with Crippen molar-refractivity contribution in [1.82, 2.24) is 5.16 Å². The number of ether oxygens (including phenoxy) is 2. The quantitative estimate of drug-likeness (QED) is 0.531. The summed E-state index contributed by atoms with van der Waals surface area (Å²) in [6.07, 6.45) is 0. The van der Waals surface area contributed by atoms with E-state index in [-0.39, 0.29) is 5.76 Å². The Hall–Kier alpha value is -1.96. The lowest BCUT2D eigenvalue weighted by Gasteiger charge is -2.16. The molecule has 0 atom stereocenters. The molecule has 0 fully saturated rings. The second-order valence-corrected chi connectivity index (χ2v) is 3.99. The normalized spacial score (nSPS) is 10.2. The topological polar surface area (TPSA) is 61.6 Å². The van der Waals surface area contributed by atoms with E-state index in [2.05, 4.69) is 17.0 Å². The van der Waals surface area contributed by atoms with Crippen molar-refractivity contribution in [3.63, 3.8) is 0 Å². The monoisotopic (exact) mass is 223 g/mol. The summed E-state index contributed by atoms with van der Waals surface area (Å²) in [5, 5.41) is 3.54. The predicted molar refractivity (Wildman–Crippen MR) is 55.8 cm³/mol. The molecule has 1 heterocycles. The van der Waals surface area contributed by atoms with Gasteiger partial charge in [-0.15, -0.1) is 0 Å². The van der Waals surface area contributed by atoms with Gasteiger partial charge in [0.25, 0.3) is 5.88 Å². The Balaban J connectivity index is 2.64. The largest absolute Gasteiger partial charge is 0.479 e. The molecule has 0 saturated carbocycles. The Kier molecular flexibility index (Phi) is 3.56. The SMILES string of the molecule is COc1cc(C#CC(=O)OC(C)(C)C)on1. The van der Waals surface area contributed by atoms with Crippen molar-refractivity contribution in [2.24, 2.45) is 0 Å². The van der Waals surface area contributed by atoms with Crippen LogP contribution in [-0.2, 0) is 9.53 Å². The number of carbonyl (C=O) groups is 1. The van der Waals surface area contributed by atoms with Crippen molar-refractivity contribution in [3.8, 4) is 17.7 Å². The minimum absolute atomic E-state index is 0.253. The lowest BCUT2D eigenvalue weighted by molar-refractivity contribution is -0.147. The molecule has 1 rings (SSSR count). The van der Waals surface area contributed by atoms with Crippen LogP contribution < -0.4 is 4.74 Å². The summed E-state index contributed by atoms with van der Waals surface area (Å²) in [5.74, 6) is 4.74. The first-order chi connectivity index (χ1) is 7.40. The smallest absolute Gasteiger partial charge is 0.385 e. The third-order valence-electron chi connectivity index (χ3n) is 1.38. The third kappa shape index (κ3) is 4.05. The van der Waals surface area contributed by atoms with Crippen molar-refractivity contribution in [3.05, 3.63) is 11.8 Å². The van der Waals surface area contributed by atoms with E-state index < -0.39 is 11.6 Å². The van der Waals surface area contributed by atoms with Gasteiger partial charge in [0.15, 0.2) is 0 Å². The van der Waals surface area contributed by atoms with Crippen LogP contribution in [0.25, 0.3) is 0 Å². The summed E-state index contributed by atoms with van der Waals surface area (Å²) in [6, 6.07) is 1.48. The van der Waals surface area contributed by atoms with Crippen LogP contribution >= 0.6 is 0 Å². The van der Waals surface area contributed by atoms with E-state index >= 15 is 0 Å². The lowest BCUT2D eigenvalue weighted by Crippen LogP contribution is -2.22. The van der Waals surface area contributed by atoms with E-state index in [1.54, 1.807) is 20.8 Å². The lowest BCUT2D eigenvalue weighted by atomic mass is 10.2. The summed E-state index contributed by atoms with van der Waals surface area (Å²) in [7, 11) is 1.46. The number of hydrogen-bond donors (Lipinski definition) is 0. The van der Waals surface area contributed by atoms with E-state index in [0.29, 0.717) is 5.88 Å². The Morgan fingerprint density at radius 1 is 1.50 bits per heavy atom. The Labute approximate surface area is 93.7 Å². The van der Waals surface area contributed by atoms with Gasteiger partial charge in [-0.25, -0.2) is 4.79 Å². The van der Waals surface area contributed by atoms with Crippen LogP contribution in [0.15, 0.2) is 10.6 Å². The van der Waals surface area contributed by atoms with Gasteiger partial charge in [0, 0.05) is 5.92 Å². The van der Waals surface area contributed by atoms with Crippen LogP contribution in [0.2, 0.25) is 0 Å². The molecule has 0 aliphatic carbocycles. The maximum absolute atomic E-state index is 11.2. The second-order valence-electron chi connectivity index (χ2n) is 3.99. The summed E-state index contributed by atoms with van der Waals surface area (Å²) >= 11 is 0. The highest BCUT2D eigenvalue weighted by Gasteiger charge is 2.14. The van der Waals surface area contributed by atoms with Gasteiger partial charge in [-0.1, -0.05) is 0 Å². The molecule has 1 aromatic heterocycles. The maximum atomic E-state index is 11.2. The number of hydrogen-bond acceptors (Lipinski definition) is 5. The molecule has 16 heavy (non-hydrogen) atoms. The minimum atomic E-state index is -0.608. The number of esters is 1. The molecule has 0 bridgehead atoms. The zero-order valence-corrected chi connectivity index (χ0v) is 9.66. The van der Waals surface area contributed by atoms with E-state index in [9.17, 15) is 4.79 Å². The molecule has 1 aromatic rings. The average molecular weight is 223 g/mol. The highest BCUT2D eigenvalue weighted by molar-refractivity contribution is 5.89. The summed E-state index contributed by atoms with van der Waals surface area (Å²) in [4.78, 5) is 11.2. The highest BCUT2D eigenvalue weighted by Crippen LogP contribution is 2.09. The van der Waals surface area contributed by atoms with Crippen molar-refractivity contribution in [2.45, 2.75) is 26.4 Å². The second kappa shape index (κ2) is 4.71. The summed E-state index contributed by atoms with van der Waals surface area (Å²) in [5.41, 5.74) is -0.551. The van der Waals surface area contributed by atoms with Crippen LogP contribution in [-0.4, -0.2) is 23.8 Å². The first-order valence-corrected chi connectivity index (χ1v) is 4.66. The average Bonchev–Trinajstić information content (AvgIpc) is 2.59. The van der Waals surface area contributed by atoms with E-state index in [1.165, 1.54) is 13.2 Å². The Morgan fingerprint density at radius 2 is 2.19 bits per heavy atom. The highest BCUT2D eigenvalue weighted by atomic mass is 16.6. The van der Waals surface area contributed by atoms with Gasteiger partial charge < -0.3 is 14.0 Å². The van der Waals surface area contributed by atoms with Crippen molar-refractivity contribution in [1.29, 1.82) is 0 Å². The molecule has 86 valence electrons. The summed E-state index contributed by atoms with van der Waals surface area (Å²) < 4.78 is 14.6. The van der Waals surface area contributed by atoms with Gasteiger partial charge >= 0.3 is 5.97 Å². The van der Waals surface area contributed by atoms with Crippen LogP contribution in [0, 0.1) is 11.8 Å². The van der Waals surface area contributed by atoms with Crippen LogP contribution in [0.1, 0.15) is 26.5 Å². The van der Waals surface area contributed by atoms with Crippen LogP contribution in [0.3, 0.4) is 0 Å². The fraction of sp³-hybridized carbons (Fsp3) is 0.455. The number of methoxy groups -OCH3 is 1. The van der Waals surface area contributed by atoms with Gasteiger partial charge in [0.2, 0.25) is 5.76 Å².